The minimum atomic E-state index is 0.390. The van der Waals surface area contributed by atoms with Gasteiger partial charge in [-0.25, -0.2) is 0 Å². The van der Waals surface area contributed by atoms with Gasteiger partial charge in [0.25, 0.3) is 0 Å². The minimum Gasteiger partial charge on any atom is -0.381 e. The third kappa shape index (κ3) is 2.97. The van der Waals surface area contributed by atoms with Gasteiger partial charge in [0.15, 0.2) is 0 Å². The molecule has 1 heterocycles. The van der Waals surface area contributed by atoms with E-state index in [-0.39, 0.29) is 0 Å². The average molecular weight is 269 g/mol. The summed E-state index contributed by atoms with van der Waals surface area (Å²) in [5, 5.41) is 0.830. The number of hydrogen-bond acceptors (Lipinski definition) is 3. The number of halogens is 1. The molecule has 18 heavy (non-hydrogen) atoms. The van der Waals surface area contributed by atoms with E-state index in [0.29, 0.717) is 12.6 Å². The molecule has 0 amide bonds. The van der Waals surface area contributed by atoms with Gasteiger partial charge in [0.05, 0.1) is 16.8 Å². The molecule has 0 unspecified atom stereocenters. The Bertz CT molecular complexity index is 389. The zero-order chi connectivity index (χ0) is 13.0. The SMILES string of the molecule is COC1CCN(c2c(Cl)cccc2CCN)CC1. The summed E-state index contributed by atoms with van der Waals surface area (Å²) in [6, 6.07) is 6.08. The highest BCUT2D eigenvalue weighted by Crippen LogP contribution is 2.32. The molecule has 100 valence electrons. The lowest BCUT2D eigenvalue weighted by Crippen LogP contribution is -2.37. The van der Waals surface area contributed by atoms with Gasteiger partial charge >= 0.3 is 0 Å². The quantitative estimate of drug-likeness (QED) is 0.912. The van der Waals surface area contributed by atoms with Crippen molar-refractivity contribution >= 4 is 17.3 Å². The average Bonchev–Trinajstić information content (AvgIpc) is 2.40. The van der Waals surface area contributed by atoms with Gasteiger partial charge in [-0.05, 0) is 37.4 Å². The highest BCUT2D eigenvalue weighted by atomic mass is 35.5. The Labute approximate surface area is 114 Å². The number of benzene rings is 1. The largest absolute Gasteiger partial charge is 0.381 e. The van der Waals surface area contributed by atoms with E-state index in [9.17, 15) is 0 Å². The molecule has 1 aliphatic rings. The molecule has 4 heteroatoms. The Morgan fingerprint density at radius 3 is 2.72 bits per heavy atom. The Morgan fingerprint density at radius 1 is 1.39 bits per heavy atom. The molecule has 0 atom stereocenters. The lowest BCUT2D eigenvalue weighted by atomic mass is 10.0. The van der Waals surface area contributed by atoms with Crippen LogP contribution in [0.3, 0.4) is 0 Å². The maximum atomic E-state index is 6.36. The van der Waals surface area contributed by atoms with Crippen LogP contribution >= 0.6 is 11.6 Å². The maximum absolute atomic E-state index is 6.36. The van der Waals surface area contributed by atoms with Crippen LogP contribution in [0, 0.1) is 0 Å². The van der Waals surface area contributed by atoms with Crippen molar-refractivity contribution in [3.8, 4) is 0 Å². The molecule has 1 aromatic carbocycles. The van der Waals surface area contributed by atoms with Gasteiger partial charge in [0.1, 0.15) is 0 Å². The Balaban J connectivity index is 2.17. The van der Waals surface area contributed by atoms with E-state index < -0.39 is 0 Å². The van der Waals surface area contributed by atoms with E-state index in [1.54, 1.807) is 7.11 Å². The second kappa shape index (κ2) is 6.41. The maximum Gasteiger partial charge on any atom is 0.0642 e. The number of nitrogens with zero attached hydrogens (tertiary/aromatic N) is 1. The number of para-hydroxylation sites is 1. The minimum absolute atomic E-state index is 0.390. The summed E-state index contributed by atoms with van der Waals surface area (Å²) in [6.45, 7) is 2.65. The third-order valence-electron chi connectivity index (χ3n) is 3.58. The monoisotopic (exact) mass is 268 g/mol. The predicted molar refractivity (Wildman–Crippen MR) is 76.5 cm³/mol. The van der Waals surface area contributed by atoms with Crippen LogP contribution in [0.25, 0.3) is 0 Å². The fourth-order valence-electron chi connectivity index (χ4n) is 2.59. The molecule has 0 radical (unpaired) electrons. The second-order valence-corrected chi connectivity index (χ2v) is 5.12. The van der Waals surface area contributed by atoms with E-state index in [1.807, 2.05) is 12.1 Å². The Morgan fingerprint density at radius 2 is 2.11 bits per heavy atom. The summed E-state index contributed by atoms with van der Waals surface area (Å²) in [4.78, 5) is 2.36. The molecule has 1 saturated heterocycles. The van der Waals surface area contributed by atoms with E-state index in [2.05, 4.69) is 11.0 Å². The van der Waals surface area contributed by atoms with E-state index in [0.717, 1.165) is 37.4 Å². The highest BCUT2D eigenvalue weighted by Gasteiger charge is 2.22. The first-order valence-electron chi connectivity index (χ1n) is 6.51. The standard InChI is InChI=1S/C14H21ClN2O/c1-18-12-6-9-17(10-7-12)14-11(5-8-16)3-2-4-13(14)15/h2-4,12H,5-10,16H2,1H3. The van der Waals surface area contributed by atoms with Gasteiger partial charge in [0, 0.05) is 20.2 Å². The van der Waals surface area contributed by atoms with Crippen molar-refractivity contribution in [1.29, 1.82) is 0 Å². The number of piperidine rings is 1. The van der Waals surface area contributed by atoms with Crippen molar-refractivity contribution < 1.29 is 4.74 Å². The van der Waals surface area contributed by atoms with Crippen LogP contribution in [-0.2, 0) is 11.2 Å². The normalized spacial score (nSPS) is 17.2. The summed E-state index contributed by atoms with van der Waals surface area (Å²) < 4.78 is 5.40. The highest BCUT2D eigenvalue weighted by molar-refractivity contribution is 6.33. The van der Waals surface area contributed by atoms with Crippen LogP contribution in [0.5, 0.6) is 0 Å². The van der Waals surface area contributed by atoms with Gasteiger partial charge in [0.2, 0.25) is 0 Å². The molecule has 1 fully saturated rings. The summed E-state index contributed by atoms with van der Waals surface area (Å²) in [6.07, 6.45) is 3.38. The number of ether oxygens (including phenoxy) is 1. The first kappa shape index (κ1) is 13.7. The number of nitrogens with two attached hydrogens (primary N) is 1. The first-order chi connectivity index (χ1) is 8.76. The topological polar surface area (TPSA) is 38.5 Å². The molecular formula is C14H21ClN2O. The van der Waals surface area contributed by atoms with Crippen molar-refractivity contribution in [2.24, 2.45) is 5.73 Å². The number of rotatable bonds is 4. The molecule has 1 aromatic rings. The molecule has 0 bridgehead atoms. The molecule has 0 spiro atoms. The Kier molecular flexibility index (Phi) is 4.87. The number of anilines is 1. The second-order valence-electron chi connectivity index (χ2n) is 4.71. The Hall–Kier alpha value is -0.770. The molecule has 2 rings (SSSR count). The van der Waals surface area contributed by atoms with E-state index in [4.69, 9.17) is 22.1 Å². The van der Waals surface area contributed by atoms with Crippen LogP contribution in [0.2, 0.25) is 5.02 Å². The van der Waals surface area contributed by atoms with Crippen LogP contribution < -0.4 is 10.6 Å². The molecule has 2 N–H and O–H groups in total. The zero-order valence-corrected chi connectivity index (χ0v) is 11.6. The molecular weight excluding hydrogens is 248 g/mol. The van der Waals surface area contributed by atoms with Crippen LogP contribution in [0.15, 0.2) is 18.2 Å². The van der Waals surface area contributed by atoms with E-state index >= 15 is 0 Å². The van der Waals surface area contributed by atoms with Gasteiger partial charge in [-0.15, -0.1) is 0 Å². The van der Waals surface area contributed by atoms with Gasteiger partial charge < -0.3 is 15.4 Å². The predicted octanol–water partition coefficient (Wildman–Crippen LogP) is 2.46. The van der Waals surface area contributed by atoms with Crippen molar-refractivity contribution in [2.75, 3.05) is 31.6 Å². The van der Waals surface area contributed by atoms with Gasteiger partial charge in [-0.1, -0.05) is 23.7 Å². The molecule has 3 nitrogen and oxygen atoms in total. The lowest BCUT2D eigenvalue weighted by molar-refractivity contribution is 0.0819. The summed E-state index contributed by atoms with van der Waals surface area (Å²) in [5.74, 6) is 0. The summed E-state index contributed by atoms with van der Waals surface area (Å²) >= 11 is 6.36. The van der Waals surface area contributed by atoms with Crippen LogP contribution in [0.4, 0.5) is 5.69 Å². The molecule has 1 aliphatic heterocycles. The smallest absolute Gasteiger partial charge is 0.0642 e. The lowest BCUT2D eigenvalue weighted by Gasteiger charge is -2.34. The molecule has 0 saturated carbocycles. The van der Waals surface area contributed by atoms with Crippen LogP contribution in [0.1, 0.15) is 18.4 Å². The molecule has 0 aliphatic carbocycles. The third-order valence-corrected chi connectivity index (χ3v) is 3.88. The van der Waals surface area contributed by atoms with Crippen molar-refractivity contribution in [3.05, 3.63) is 28.8 Å². The number of hydrogen-bond donors (Lipinski definition) is 1. The fourth-order valence-corrected chi connectivity index (χ4v) is 2.90. The van der Waals surface area contributed by atoms with Crippen LogP contribution in [-0.4, -0.2) is 32.8 Å². The molecule has 0 aromatic heterocycles. The van der Waals surface area contributed by atoms with Crippen molar-refractivity contribution in [2.45, 2.75) is 25.4 Å². The first-order valence-corrected chi connectivity index (χ1v) is 6.89. The van der Waals surface area contributed by atoms with Gasteiger partial charge in [-0.3, -0.25) is 0 Å². The van der Waals surface area contributed by atoms with Crippen molar-refractivity contribution in [3.63, 3.8) is 0 Å². The van der Waals surface area contributed by atoms with Gasteiger partial charge in [-0.2, -0.15) is 0 Å². The van der Waals surface area contributed by atoms with Crippen molar-refractivity contribution in [1.82, 2.24) is 0 Å². The number of methoxy groups -OCH3 is 1. The zero-order valence-electron chi connectivity index (χ0n) is 10.9. The summed E-state index contributed by atoms with van der Waals surface area (Å²) in [5.41, 5.74) is 8.09. The summed E-state index contributed by atoms with van der Waals surface area (Å²) in [7, 11) is 1.79. The van der Waals surface area contributed by atoms with E-state index in [1.165, 1.54) is 11.3 Å². The fraction of sp³-hybridized carbons (Fsp3) is 0.571.